The van der Waals surface area contributed by atoms with E-state index in [0.717, 1.165) is 62.4 Å². The van der Waals surface area contributed by atoms with Gasteiger partial charge in [0.05, 0.1) is 24.8 Å². The molecule has 1 N–H and O–H groups in total. The second-order valence-corrected chi connectivity index (χ2v) is 6.23. The number of hydrogen-bond donors (Lipinski definition) is 1. The summed E-state index contributed by atoms with van der Waals surface area (Å²) in [6, 6.07) is 1.99. The monoisotopic (exact) mass is 338 g/mol. The number of ether oxygens (including phenoxy) is 1. The van der Waals surface area contributed by atoms with E-state index in [1.165, 1.54) is 5.57 Å². The van der Waals surface area contributed by atoms with E-state index in [-0.39, 0.29) is 0 Å². The van der Waals surface area contributed by atoms with Crippen LogP contribution in [0.2, 0.25) is 5.02 Å². The van der Waals surface area contributed by atoms with Crippen molar-refractivity contribution in [2.45, 2.75) is 26.3 Å². The van der Waals surface area contributed by atoms with Crippen LogP contribution in [0.5, 0.6) is 0 Å². The van der Waals surface area contributed by atoms with Crippen molar-refractivity contribution in [3.05, 3.63) is 34.6 Å². The van der Waals surface area contributed by atoms with Gasteiger partial charge in [0.15, 0.2) is 5.96 Å². The largest absolute Gasteiger partial charge is 0.377 e. The molecule has 0 fully saturated rings. The number of halogens is 1. The van der Waals surface area contributed by atoms with E-state index in [1.807, 2.05) is 19.3 Å². The summed E-state index contributed by atoms with van der Waals surface area (Å²) >= 11 is 6.06. The number of rotatable bonds is 6. The maximum absolute atomic E-state index is 6.06. The molecule has 6 heteroatoms. The summed E-state index contributed by atoms with van der Waals surface area (Å²) in [6.45, 7) is 6.09. The lowest BCUT2D eigenvalue weighted by atomic mass is 10.1. The summed E-state index contributed by atoms with van der Waals surface area (Å²) in [7, 11) is 4.06. The molecule has 2 heterocycles. The molecule has 1 aliphatic heterocycles. The highest BCUT2D eigenvalue weighted by atomic mass is 35.5. The summed E-state index contributed by atoms with van der Waals surface area (Å²) in [6.07, 6.45) is 6.14. The van der Waals surface area contributed by atoms with E-state index in [4.69, 9.17) is 21.3 Å². The van der Waals surface area contributed by atoms with E-state index < -0.39 is 0 Å². The average molecular weight is 339 g/mol. The Morgan fingerprint density at radius 3 is 2.96 bits per heavy atom. The fourth-order valence-corrected chi connectivity index (χ4v) is 2.88. The molecule has 0 bridgehead atoms. The number of aliphatic imine (C=N–C) groups is 1. The van der Waals surface area contributed by atoms with E-state index in [1.54, 1.807) is 0 Å². The van der Waals surface area contributed by atoms with Crippen molar-refractivity contribution in [1.29, 1.82) is 0 Å². The third-order valence-corrected chi connectivity index (χ3v) is 4.13. The van der Waals surface area contributed by atoms with Gasteiger partial charge >= 0.3 is 0 Å². The van der Waals surface area contributed by atoms with Crippen LogP contribution in [0, 0.1) is 0 Å². The molecule has 2 rings (SSSR count). The van der Waals surface area contributed by atoms with Crippen molar-refractivity contribution < 1.29 is 4.74 Å². The third kappa shape index (κ3) is 5.59. The van der Waals surface area contributed by atoms with Crippen molar-refractivity contribution in [2.75, 3.05) is 33.4 Å². The van der Waals surface area contributed by atoms with Crippen LogP contribution < -0.4 is 5.32 Å². The van der Waals surface area contributed by atoms with Gasteiger partial charge in [-0.05, 0) is 25.8 Å². The predicted octanol–water partition coefficient (Wildman–Crippen LogP) is 2.81. The Hall–Kier alpha value is -1.46. The first-order chi connectivity index (χ1) is 11.1. The van der Waals surface area contributed by atoms with Crippen molar-refractivity contribution in [1.82, 2.24) is 14.8 Å². The standard InChI is InChI=1S/C17H27ClN4O/c1-4-19-17(20-8-5-14-6-9-23-10-7-14)22(3)13-16-11-15(18)12-21(16)2/h6,11-12H,4-5,7-10,13H2,1-3H3,(H,19,20). The second-order valence-electron chi connectivity index (χ2n) is 5.79. The number of guanidine groups is 1. The van der Waals surface area contributed by atoms with Gasteiger partial charge in [-0.2, -0.15) is 0 Å². The van der Waals surface area contributed by atoms with Gasteiger partial charge in [0.2, 0.25) is 0 Å². The minimum Gasteiger partial charge on any atom is -0.377 e. The average Bonchev–Trinajstić information content (AvgIpc) is 2.85. The molecule has 0 aliphatic carbocycles. The molecule has 0 aromatic carbocycles. The Morgan fingerprint density at radius 1 is 1.52 bits per heavy atom. The second kappa shape index (κ2) is 8.99. The maximum Gasteiger partial charge on any atom is 0.194 e. The highest BCUT2D eigenvalue weighted by Gasteiger charge is 2.10. The van der Waals surface area contributed by atoms with Crippen LogP contribution in [0.15, 0.2) is 28.9 Å². The molecular weight excluding hydrogens is 312 g/mol. The number of hydrogen-bond acceptors (Lipinski definition) is 2. The number of aryl methyl sites for hydroxylation is 1. The SMILES string of the molecule is CCNC(=NCCC1=CCOCC1)N(C)Cc1cc(Cl)cn1C. The van der Waals surface area contributed by atoms with Crippen LogP contribution in [-0.4, -0.2) is 48.8 Å². The summed E-state index contributed by atoms with van der Waals surface area (Å²) in [5.74, 6) is 0.928. The molecule has 1 aromatic rings. The minimum atomic E-state index is 0.743. The lowest BCUT2D eigenvalue weighted by Gasteiger charge is -2.22. The molecule has 0 spiro atoms. The zero-order valence-corrected chi connectivity index (χ0v) is 15.1. The molecule has 1 aliphatic rings. The molecule has 1 aromatic heterocycles. The topological polar surface area (TPSA) is 41.8 Å². The van der Waals surface area contributed by atoms with Gasteiger partial charge in [-0.15, -0.1) is 0 Å². The molecule has 128 valence electrons. The normalized spacial score (nSPS) is 15.5. The molecule has 23 heavy (non-hydrogen) atoms. The van der Waals surface area contributed by atoms with Crippen LogP contribution in [-0.2, 0) is 18.3 Å². The van der Waals surface area contributed by atoms with Crippen molar-refractivity contribution in [3.8, 4) is 0 Å². The summed E-state index contributed by atoms with van der Waals surface area (Å²) < 4.78 is 7.39. The lowest BCUT2D eigenvalue weighted by molar-refractivity contribution is 0.153. The fraction of sp³-hybridized carbons (Fsp3) is 0.588. The third-order valence-electron chi connectivity index (χ3n) is 3.92. The van der Waals surface area contributed by atoms with Gasteiger partial charge in [0.25, 0.3) is 0 Å². The van der Waals surface area contributed by atoms with Gasteiger partial charge in [0.1, 0.15) is 0 Å². The molecule has 0 saturated heterocycles. The fourth-order valence-electron chi connectivity index (χ4n) is 2.61. The number of nitrogens with zero attached hydrogens (tertiary/aromatic N) is 3. The molecule has 0 saturated carbocycles. The van der Waals surface area contributed by atoms with Crippen molar-refractivity contribution in [3.63, 3.8) is 0 Å². The maximum atomic E-state index is 6.06. The smallest absolute Gasteiger partial charge is 0.194 e. The molecule has 0 unspecified atom stereocenters. The quantitative estimate of drug-likeness (QED) is 0.492. The number of aromatic nitrogens is 1. The van der Waals surface area contributed by atoms with Gasteiger partial charge in [-0.25, -0.2) is 0 Å². The zero-order valence-electron chi connectivity index (χ0n) is 14.3. The van der Waals surface area contributed by atoms with Crippen LogP contribution in [0.25, 0.3) is 0 Å². The first-order valence-electron chi connectivity index (χ1n) is 8.16. The summed E-state index contributed by atoms with van der Waals surface area (Å²) in [5, 5.41) is 4.12. The van der Waals surface area contributed by atoms with Crippen LogP contribution in [0.4, 0.5) is 0 Å². The Balaban J connectivity index is 1.94. The molecule has 0 radical (unpaired) electrons. The van der Waals surface area contributed by atoms with E-state index in [0.29, 0.717) is 0 Å². The predicted molar refractivity (Wildman–Crippen MR) is 96.0 cm³/mol. The van der Waals surface area contributed by atoms with E-state index in [9.17, 15) is 0 Å². The Bertz CT molecular complexity index is 565. The van der Waals surface area contributed by atoms with E-state index in [2.05, 4.69) is 34.8 Å². The van der Waals surface area contributed by atoms with Crippen molar-refractivity contribution >= 4 is 17.6 Å². The molecule has 0 atom stereocenters. The van der Waals surface area contributed by atoms with E-state index >= 15 is 0 Å². The summed E-state index contributed by atoms with van der Waals surface area (Å²) in [5.41, 5.74) is 2.61. The summed E-state index contributed by atoms with van der Waals surface area (Å²) in [4.78, 5) is 6.88. The zero-order chi connectivity index (χ0) is 16.7. The van der Waals surface area contributed by atoms with Crippen LogP contribution in [0.3, 0.4) is 0 Å². The molecular formula is C17H27ClN4O. The van der Waals surface area contributed by atoms with Gasteiger partial charge in [-0.1, -0.05) is 23.3 Å². The van der Waals surface area contributed by atoms with Gasteiger partial charge in [0, 0.05) is 39.1 Å². The Morgan fingerprint density at radius 2 is 2.35 bits per heavy atom. The Labute approximate surface area is 144 Å². The highest BCUT2D eigenvalue weighted by molar-refractivity contribution is 6.30. The number of nitrogens with one attached hydrogen (secondary N) is 1. The molecule has 5 nitrogen and oxygen atoms in total. The van der Waals surface area contributed by atoms with Crippen LogP contribution >= 0.6 is 11.6 Å². The lowest BCUT2D eigenvalue weighted by Crippen LogP contribution is -2.38. The highest BCUT2D eigenvalue weighted by Crippen LogP contribution is 2.14. The first kappa shape index (κ1) is 17.9. The molecule has 0 amide bonds. The Kier molecular flexibility index (Phi) is 6.99. The van der Waals surface area contributed by atoms with Crippen LogP contribution in [0.1, 0.15) is 25.5 Å². The minimum absolute atomic E-state index is 0.743. The van der Waals surface area contributed by atoms with Crippen molar-refractivity contribution in [2.24, 2.45) is 12.0 Å². The van der Waals surface area contributed by atoms with Gasteiger partial charge < -0.3 is 19.5 Å². The van der Waals surface area contributed by atoms with Gasteiger partial charge in [-0.3, -0.25) is 4.99 Å². The first-order valence-corrected chi connectivity index (χ1v) is 8.53.